The molecule has 130 valence electrons. The molecule has 0 bridgehead atoms. The summed E-state index contributed by atoms with van der Waals surface area (Å²) in [7, 11) is 3.34. The van der Waals surface area contributed by atoms with E-state index >= 15 is 0 Å². The van der Waals surface area contributed by atoms with Gasteiger partial charge in [-0.05, 0) is 17.7 Å². The molecule has 3 aromatic rings. The van der Waals surface area contributed by atoms with Crippen molar-refractivity contribution in [1.29, 1.82) is 0 Å². The minimum atomic E-state index is -0.291. The normalized spacial score (nSPS) is 11.5. The molecule has 0 unspecified atom stereocenters. The first-order chi connectivity index (χ1) is 11.9. The number of hydrogen-bond donors (Lipinski definition) is 1. The van der Waals surface area contributed by atoms with Gasteiger partial charge in [0.15, 0.2) is 0 Å². The van der Waals surface area contributed by atoms with Crippen molar-refractivity contribution >= 4 is 16.7 Å². The maximum Gasteiger partial charge on any atom is 0.349 e. The molecule has 1 heterocycles. The number of aromatic nitrogens is 2. The fourth-order valence-corrected chi connectivity index (χ4v) is 2.96. The third kappa shape index (κ3) is 3.22. The zero-order chi connectivity index (χ0) is 18.0. The molecule has 5 heteroatoms. The Morgan fingerprint density at radius 2 is 1.84 bits per heavy atom. The van der Waals surface area contributed by atoms with Gasteiger partial charge in [0.2, 0.25) is 0 Å². The molecule has 0 aliphatic carbocycles. The van der Waals surface area contributed by atoms with Crippen LogP contribution in [-0.2, 0) is 12.5 Å². The van der Waals surface area contributed by atoms with Crippen LogP contribution in [0.2, 0.25) is 0 Å². The Hall–Kier alpha value is -2.82. The molecule has 0 atom stereocenters. The monoisotopic (exact) mass is 337 g/mol. The van der Waals surface area contributed by atoms with Gasteiger partial charge in [0.25, 0.3) is 0 Å². The minimum absolute atomic E-state index is 0.113. The summed E-state index contributed by atoms with van der Waals surface area (Å²) in [6.07, 6.45) is 0. The molecule has 0 saturated carbocycles. The van der Waals surface area contributed by atoms with Crippen molar-refractivity contribution in [2.75, 3.05) is 19.0 Å². The SMILES string of the molecule is COc1cccc2c1c(NCC(C)(C)c1ccccc1)nc(=O)n2C. The second kappa shape index (κ2) is 6.59. The van der Waals surface area contributed by atoms with Crippen molar-refractivity contribution < 1.29 is 4.74 Å². The van der Waals surface area contributed by atoms with E-state index < -0.39 is 0 Å². The summed E-state index contributed by atoms with van der Waals surface area (Å²) < 4.78 is 7.02. The third-order valence-corrected chi connectivity index (χ3v) is 4.57. The summed E-state index contributed by atoms with van der Waals surface area (Å²) in [5, 5.41) is 4.18. The van der Waals surface area contributed by atoms with Gasteiger partial charge in [-0.25, -0.2) is 4.79 Å². The molecule has 5 nitrogen and oxygen atoms in total. The summed E-state index contributed by atoms with van der Waals surface area (Å²) in [5.74, 6) is 1.25. The van der Waals surface area contributed by atoms with Gasteiger partial charge in [-0.2, -0.15) is 4.98 Å². The minimum Gasteiger partial charge on any atom is -0.496 e. The summed E-state index contributed by atoms with van der Waals surface area (Å²) >= 11 is 0. The molecule has 0 saturated heterocycles. The van der Waals surface area contributed by atoms with E-state index in [0.717, 1.165) is 10.9 Å². The standard InChI is InChI=1S/C20H23N3O2/c1-20(2,14-9-6-5-7-10-14)13-21-18-17-15(23(3)19(24)22-18)11-8-12-16(17)25-4/h5-12H,13H2,1-4H3,(H,21,22,24). The quantitative estimate of drug-likeness (QED) is 0.776. The average Bonchev–Trinajstić information content (AvgIpc) is 2.63. The number of aryl methyl sites for hydroxylation is 1. The second-order valence-corrected chi connectivity index (χ2v) is 6.76. The van der Waals surface area contributed by atoms with Gasteiger partial charge < -0.3 is 10.1 Å². The predicted molar refractivity (Wildman–Crippen MR) is 101 cm³/mol. The molecule has 1 N–H and O–H groups in total. The summed E-state index contributed by atoms with van der Waals surface area (Å²) in [5.41, 5.74) is 1.61. The highest BCUT2D eigenvalue weighted by atomic mass is 16.5. The Labute approximate surface area is 147 Å². The topological polar surface area (TPSA) is 56.1 Å². The van der Waals surface area contributed by atoms with Gasteiger partial charge in [-0.1, -0.05) is 50.2 Å². The number of methoxy groups -OCH3 is 1. The number of anilines is 1. The average molecular weight is 337 g/mol. The van der Waals surface area contributed by atoms with Gasteiger partial charge >= 0.3 is 5.69 Å². The molecule has 0 aliphatic heterocycles. The van der Waals surface area contributed by atoms with Gasteiger partial charge in [-0.15, -0.1) is 0 Å². The van der Waals surface area contributed by atoms with E-state index in [1.54, 1.807) is 14.2 Å². The number of nitrogens with one attached hydrogen (secondary N) is 1. The van der Waals surface area contributed by atoms with E-state index in [0.29, 0.717) is 18.1 Å². The molecule has 0 radical (unpaired) electrons. The van der Waals surface area contributed by atoms with E-state index in [1.807, 2.05) is 36.4 Å². The van der Waals surface area contributed by atoms with Crippen molar-refractivity contribution in [2.24, 2.45) is 7.05 Å². The Kier molecular flexibility index (Phi) is 4.49. The van der Waals surface area contributed by atoms with E-state index in [1.165, 1.54) is 10.1 Å². The van der Waals surface area contributed by atoms with E-state index in [9.17, 15) is 4.79 Å². The van der Waals surface area contributed by atoms with E-state index in [4.69, 9.17) is 4.74 Å². The van der Waals surface area contributed by atoms with Crippen LogP contribution in [0, 0.1) is 0 Å². The predicted octanol–water partition coefficient (Wildman–Crippen LogP) is 3.33. The molecule has 0 fully saturated rings. The maximum atomic E-state index is 12.2. The highest BCUT2D eigenvalue weighted by Gasteiger charge is 2.21. The number of hydrogen-bond acceptors (Lipinski definition) is 4. The Morgan fingerprint density at radius 3 is 2.52 bits per heavy atom. The van der Waals surface area contributed by atoms with Crippen molar-refractivity contribution in [3.63, 3.8) is 0 Å². The van der Waals surface area contributed by atoms with E-state index in [2.05, 4.69) is 36.3 Å². The zero-order valence-corrected chi connectivity index (χ0v) is 15.0. The zero-order valence-electron chi connectivity index (χ0n) is 15.0. The lowest BCUT2D eigenvalue weighted by molar-refractivity contribution is 0.419. The molecule has 0 amide bonds. The van der Waals surface area contributed by atoms with Gasteiger partial charge in [0, 0.05) is 19.0 Å². The van der Waals surface area contributed by atoms with Crippen LogP contribution in [-0.4, -0.2) is 23.2 Å². The van der Waals surface area contributed by atoms with E-state index in [-0.39, 0.29) is 11.1 Å². The molecule has 1 aromatic heterocycles. The lowest BCUT2D eigenvalue weighted by Gasteiger charge is -2.26. The van der Waals surface area contributed by atoms with Crippen LogP contribution in [0.25, 0.3) is 10.9 Å². The van der Waals surface area contributed by atoms with Crippen LogP contribution in [0.1, 0.15) is 19.4 Å². The highest BCUT2D eigenvalue weighted by Crippen LogP contribution is 2.31. The van der Waals surface area contributed by atoms with Gasteiger partial charge in [0.1, 0.15) is 11.6 Å². The summed E-state index contributed by atoms with van der Waals surface area (Å²) in [4.78, 5) is 16.4. The molecule has 0 aliphatic rings. The lowest BCUT2D eigenvalue weighted by Crippen LogP contribution is -2.29. The van der Waals surface area contributed by atoms with Crippen LogP contribution >= 0.6 is 0 Å². The lowest BCUT2D eigenvalue weighted by atomic mass is 9.84. The first-order valence-corrected chi connectivity index (χ1v) is 8.27. The first-order valence-electron chi connectivity index (χ1n) is 8.27. The van der Waals surface area contributed by atoms with Gasteiger partial charge in [0.05, 0.1) is 18.0 Å². The van der Waals surface area contributed by atoms with Gasteiger partial charge in [-0.3, -0.25) is 4.57 Å². The fourth-order valence-electron chi connectivity index (χ4n) is 2.96. The largest absolute Gasteiger partial charge is 0.496 e. The van der Waals surface area contributed by atoms with Crippen molar-refractivity contribution in [2.45, 2.75) is 19.3 Å². The number of benzene rings is 2. The van der Waals surface area contributed by atoms with Crippen molar-refractivity contribution in [3.8, 4) is 5.75 Å². The molecule has 2 aromatic carbocycles. The Bertz CT molecular complexity index is 946. The molecule has 3 rings (SSSR count). The Balaban J connectivity index is 2.02. The molecular weight excluding hydrogens is 314 g/mol. The van der Waals surface area contributed by atoms with Crippen LogP contribution in [0.4, 0.5) is 5.82 Å². The van der Waals surface area contributed by atoms with Crippen LogP contribution in [0.3, 0.4) is 0 Å². The highest BCUT2D eigenvalue weighted by molar-refractivity contribution is 5.94. The Morgan fingerprint density at radius 1 is 1.12 bits per heavy atom. The number of fused-ring (bicyclic) bond motifs is 1. The van der Waals surface area contributed by atoms with Crippen molar-refractivity contribution in [1.82, 2.24) is 9.55 Å². The van der Waals surface area contributed by atoms with Crippen LogP contribution < -0.4 is 15.7 Å². The number of rotatable bonds is 5. The maximum absolute atomic E-state index is 12.2. The first kappa shape index (κ1) is 17.0. The van der Waals surface area contributed by atoms with Crippen LogP contribution in [0.15, 0.2) is 53.3 Å². The number of nitrogens with zero attached hydrogens (tertiary/aromatic N) is 2. The fraction of sp³-hybridized carbons (Fsp3) is 0.300. The second-order valence-electron chi connectivity index (χ2n) is 6.76. The molecule has 25 heavy (non-hydrogen) atoms. The number of ether oxygens (including phenoxy) is 1. The summed E-state index contributed by atoms with van der Waals surface area (Å²) in [6.45, 7) is 4.97. The van der Waals surface area contributed by atoms with Crippen molar-refractivity contribution in [3.05, 3.63) is 64.6 Å². The molecular formula is C20H23N3O2. The molecule has 0 spiro atoms. The smallest absolute Gasteiger partial charge is 0.349 e. The third-order valence-electron chi connectivity index (χ3n) is 4.57. The van der Waals surface area contributed by atoms with Crippen LogP contribution in [0.5, 0.6) is 5.75 Å². The summed E-state index contributed by atoms with van der Waals surface area (Å²) in [6, 6.07) is 15.9.